The molecule has 150 valence electrons. The summed E-state index contributed by atoms with van der Waals surface area (Å²) in [5, 5.41) is 10.3. The van der Waals surface area contributed by atoms with Crippen molar-refractivity contribution in [3.8, 4) is 5.75 Å². The normalized spacial score (nSPS) is 10.7. The van der Waals surface area contributed by atoms with E-state index >= 15 is 0 Å². The second-order valence-corrected chi connectivity index (χ2v) is 6.74. The fourth-order valence-electron chi connectivity index (χ4n) is 2.76. The molecule has 2 amide bonds. The van der Waals surface area contributed by atoms with Gasteiger partial charge in [0.25, 0.3) is 11.8 Å². The molecule has 0 saturated heterocycles. The molecule has 3 N–H and O–H groups in total. The van der Waals surface area contributed by atoms with E-state index < -0.39 is 11.8 Å². The number of hydrogen-bond acceptors (Lipinski definition) is 5. The first-order valence-electron chi connectivity index (χ1n) is 8.88. The molecule has 3 aromatic rings. The van der Waals surface area contributed by atoms with Crippen LogP contribution in [0.25, 0.3) is 0 Å². The average Bonchev–Trinajstić information content (AvgIpc) is 3.21. The molecule has 0 aliphatic carbocycles. The van der Waals surface area contributed by atoms with Crippen LogP contribution in [0.2, 0.25) is 5.02 Å². The number of aromatic hydroxyl groups is 1. The van der Waals surface area contributed by atoms with Gasteiger partial charge in [-0.05, 0) is 30.3 Å². The molecule has 29 heavy (non-hydrogen) atoms. The van der Waals surface area contributed by atoms with Crippen molar-refractivity contribution in [3.63, 3.8) is 0 Å². The van der Waals surface area contributed by atoms with E-state index in [1.807, 2.05) is 6.07 Å². The Kier molecular flexibility index (Phi) is 6.89. The Labute approximate surface area is 172 Å². The molecule has 8 heteroatoms. The molecule has 0 aliphatic heterocycles. The van der Waals surface area contributed by atoms with Crippen LogP contribution in [0.1, 0.15) is 21.7 Å². The standard InChI is InChI=1S/C21H20ClN3O4/c22-18-9-3-2-8-17(18)21(28)24-23-20(27)14-25(13-16-7-5-11-29-16)12-15-6-1-4-10-19(15)26/h1-11,26H,12-14H2,(H,23,27)(H,24,28). The number of hydrazine groups is 1. The first-order chi connectivity index (χ1) is 14.0. The molecule has 1 aromatic heterocycles. The minimum absolute atomic E-state index is 0.0299. The third-order valence-electron chi connectivity index (χ3n) is 4.15. The van der Waals surface area contributed by atoms with E-state index in [1.165, 1.54) is 0 Å². The Balaban J connectivity index is 1.62. The Morgan fingerprint density at radius 3 is 2.45 bits per heavy atom. The summed E-state index contributed by atoms with van der Waals surface area (Å²) in [5.41, 5.74) is 5.68. The number of furan rings is 1. The van der Waals surface area contributed by atoms with E-state index in [1.54, 1.807) is 65.8 Å². The van der Waals surface area contributed by atoms with Crippen molar-refractivity contribution >= 4 is 23.4 Å². The van der Waals surface area contributed by atoms with Gasteiger partial charge in [0.2, 0.25) is 0 Å². The fraction of sp³-hybridized carbons (Fsp3) is 0.143. The average molecular weight is 414 g/mol. The van der Waals surface area contributed by atoms with Gasteiger partial charge in [0, 0.05) is 12.1 Å². The Morgan fingerprint density at radius 1 is 0.966 bits per heavy atom. The number of carbonyl (C=O) groups excluding carboxylic acids is 2. The van der Waals surface area contributed by atoms with E-state index in [0.717, 1.165) is 0 Å². The highest BCUT2D eigenvalue weighted by Crippen LogP contribution is 2.19. The van der Waals surface area contributed by atoms with E-state index in [-0.39, 0.29) is 17.9 Å². The van der Waals surface area contributed by atoms with Gasteiger partial charge in [-0.3, -0.25) is 25.3 Å². The van der Waals surface area contributed by atoms with Crippen LogP contribution >= 0.6 is 11.6 Å². The lowest BCUT2D eigenvalue weighted by molar-refractivity contribution is -0.123. The summed E-state index contributed by atoms with van der Waals surface area (Å²) in [6, 6.07) is 17.0. The van der Waals surface area contributed by atoms with Crippen molar-refractivity contribution in [3.05, 3.63) is 88.8 Å². The highest BCUT2D eigenvalue weighted by Gasteiger charge is 2.16. The number of rotatable bonds is 7. The predicted octanol–water partition coefficient (Wildman–Crippen LogP) is 3.10. The summed E-state index contributed by atoms with van der Waals surface area (Å²) in [7, 11) is 0. The number of amides is 2. The summed E-state index contributed by atoms with van der Waals surface area (Å²) in [4.78, 5) is 26.3. The molecule has 7 nitrogen and oxygen atoms in total. The number of halogens is 1. The number of nitrogens with zero attached hydrogens (tertiary/aromatic N) is 1. The molecule has 0 bridgehead atoms. The SMILES string of the molecule is O=C(CN(Cc1ccco1)Cc1ccccc1O)NNC(=O)c1ccccc1Cl. The van der Waals surface area contributed by atoms with Crippen LogP contribution in [0.15, 0.2) is 71.3 Å². The minimum atomic E-state index is -0.512. The van der Waals surface area contributed by atoms with Crippen molar-refractivity contribution in [2.24, 2.45) is 0 Å². The summed E-state index contributed by atoms with van der Waals surface area (Å²) >= 11 is 5.99. The highest BCUT2D eigenvalue weighted by atomic mass is 35.5. The van der Waals surface area contributed by atoms with E-state index in [4.69, 9.17) is 16.0 Å². The summed E-state index contributed by atoms with van der Waals surface area (Å²) in [6.45, 7) is 0.643. The summed E-state index contributed by atoms with van der Waals surface area (Å²) in [5.74, 6) is -0.118. The molecular weight excluding hydrogens is 394 g/mol. The Bertz CT molecular complexity index is 976. The molecule has 0 atom stereocenters. The van der Waals surface area contributed by atoms with Gasteiger partial charge in [-0.2, -0.15) is 0 Å². The third-order valence-corrected chi connectivity index (χ3v) is 4.48. The van der Waals surface area contributed by atoms with Gasteiger partial charge in [-0.1, -0.05) is 41.9 Å². The topological polar surface area (TPSA) is 94.8 Å². The van der Waals surface area contributed by atoms with Crippen molar-refractivity contribution in [2.75, 3.05) is 6.54 Å². The van der Waals surface area contributed by atoms with Crippen molar-refractivity contribution in [1.82, 2.24) is 15.8 Å². The van der Waals surface area contributed by atoms with Crippen LogP contribution in [-0.4, -0.2) is 28.4 Å². The molecule has 0 fully saturated rings. The number of carbonyl (C=O) groups is 2. The van der Waals surface area contributed by atoms with Gasteiger partial charge in [-0.15, -0.1) is 0 Å². The van der Waals surface area contributed by atoms with Crippen LogP contribution in [0.3, 0.4) is 0 Å². The second kappa shape index (κ2) is 9.77. The van der Waals surface area contributed by atoms with Crippen LogP contribution in [-0.2, 0) is 17.9 Å². The summed E-state index contributed by atoms with van der Waals surface area (Å²) < 4.78 is 5.36. The molecular formula is C21H20ClN3O4. The zero-order valence-corrected chi connectivity index (χ0v) is 16.2. The first kappa shape index (κ1) is 20.4. The zero-order chi connectivity index (χ0) is 20.6. The number of phenols is 1. The van der Waals surface area contributed by atoms with Gasteiger partial charge in [0.05, 0.1) is 29.9 Å². The minimum Gasteiger partial charge on any atom is -0.508 e. The maximum Gasteiger partial charge on any atom is 0.271 e. The van der Waals surface area contributed by atoms with Gasteiger partial charge < -0.3 is 9.52 Å². The lowest BCUT2D eigenvalue weighted by Gasteiger charge is -2.21. The van der Waals surface area contributed by atoms with Crippen LogP contribution < -0.4 is 10.9 Å². The molecule has 0 radical (unpaired) electrons. The lowest BCUT2D eigenvalue weighted by atomic mass is 10.2. The van der Waals surface area contributed by atoms with E-state index in [2.05, 4.69) is 10.9 Å². The zero-order valence-electron chi connectivity index (χ0n) is 15.5. The number of phenolic OH excluding ortho intramolecular Hbond substituents is 1. The van der Waals surface area contributed by atoms with Gasteiger partial charge in [0.1, 0.15) is 11.5 Å². The van der Waals surface area contributed by atoms with Crippen molar-refractivity contribution < 1.29 is 19.1 Å². The van der Waals surface area contributed by atoms with Crippen molar-refractivity contribution in [1.29, 1.82) is 0 Å². The molecule has 0 aliphatic rings. The molecule has 2 aromatic carbocycles. The molecule has 0 unspecified atom stereocenters. The van der Waals surface area contributed by atoms with Crippen LogP contribution in [0.4, 0.5) is 0 Å². The quantitative estimate of drug-likeness (QED) is 0.517. The van der Waals surface area contributed by atoms with E-state index in [0.29, 0.717) is 29.4 Å². The molecule has 0 spiro atoms. The Hall–Kier alpha value is -3.29. The third kappa shape index (κ3) is 5.84. The smallest absolute Gasteiger partial charge is 0.271 e. The van der Waals surface area contributed by atoms with Gasteiger partial charge >= 0.3 is 0 Å². The fourth-order valence-corrected chi connectivity index (χ4v) is 2.98. The maximum atomic E-state index is 12.4. The van der Waals surface area contributed by atoms with Gasteiger partial charge in [0.15, 0.2) is 0 Å². The number of benzene rings is 2. The molecule has 1 heterocycles. The molecule has 3 rings (SSSR count). The lowest BCUT2D eigenvalue weighted by Crippen LogP contribution is -2.46. The number of hydrogen-bond donors (Lipinski definition) is 3. The number of nitrogens with one attached hydrogen (secondary N) is 2. The molecule has 0 saturated carbocycles. The summed E-state index contributed by atoms with van der Waals surface area (Å²) in [6.07, 6.45) is 1.55. The van der Waals surface area contributed by atoms with E-state index in [9.17, 15) is 14.7 Å². The van der Waals surface area contributed by atoms with Gasteiger partial charge in [-0.25, -0.2) is 0 Å². The monoisotopic (exact) mass is 413 g/mol. The second-order valence-electron chi connectivity index (χ2n) is 6.34. The predicted molar refractivity (Wildman–Crippen MR) is 108 cm³/mol. The van der Waals surface area contributed by atoms with Crippen LogP contribution in [0.5, 0.6) is 5.75 Å². The number of para-hydroxylation sites is 1. The maximum absolute atomic E-state index is 12.4. The first-order valence-corrected chi connectivity index (χ1v) is 9.26. The Morgan fingerprint density at radius 2 is 1.72 bits per heavy atom. The largest absolute Gasteiger partial charge is 0.508 e. The van der Waals surface area contributed by atoms with Crippen molar-refractivity contribution in [2.45, 2.75) is 13.1 Å². The highest BCUT2D eigenvalue weighted by molar-refractivity contribution is 6.33. The van der Waals surface area contributed by atoms with Crippen LogP contribution in [0, 0.1) is 0 Å².